The highest BCUT2D eigenvalue weighted by atomic mass is 79.9. The lowest BCUT2D eigenvalue weighted by Crippen LogP contribution is -2.18. The van der Waals surface area contributed by atoms with Gasteiger partial charge < -0.3 is 5.32 Å². The number of hydrogen-bond donors (Lipinski definition) is 1. The van der Waals surface area contributed by atoms with Gasteiger partial charge >= 0.3 is 0 Å². The zero-order valence-corrected chi connectivity index (χ0v) is 14.9. The molecular formula is C16H10BrN3OS2. The third kappa shape index (κ3) is 2.75. The number of anilines is 1. The maximum absolute atomic E-state index is 12.6. The molecule has 0 saturated carbocycles. The molecule has 7 heteroatoms. The van der Waals surface area contributed by atoms with Crippen LogP contribution in [-0.2, 0) is 4.79 Å². The summed E-state index contributed by atoms with van der Waals surface area (Å²) in [5.74, 6) is 0.397. The van der Waals surface area contributed by atoms with E-state index in [-0.39, 0.29) is 5.91 Å². The Labute approximate surface area is 149 Å². The van der Waals surface area contributed by atoms with E-state index in [2.05, 4.69) is 26.2 Å². The summed E-state index contributed by atoms with van der Waals surface area (Å²) < 4.78 is 0.957. The van der Waals surface area contributed by atoms with Crippen LogP contribution in [0.2, 0.25) is 0 Å². The fourth-order valence-electron chi connectivity index (χ4n) is 2.41. The number of pyridine rings is 1. The number of aromatic nitrogens is 1. The fourth-order valence-corrected chi connectivity index (χ4v) is 4.63. The Bertz CT molecular complexity index is 902. The molecule has 4 nitrogen and oxygen atoms in total. The molecule has 114 valence electrons. The highest BCUT2D eigenvalue weighted by Gasteiger charge is 2.28. The van der Waals surface area contributed by atoms with Crippen LogP contribution >= 0.6 is 38.6 Å². The summed E-state index contributed by atoms with van der Waals surface area (Å²) in [7, 11) is 0. The maximum atomic E-state index is 12.6. The van der Waals surface area contributed by atoms with E-state index in [9.17, 15) is 4.79 Å². The van der Waals surface area contributed by atoms with E-state index >= 15 is 0 Å². The van der Waals surface area contributed by atoms with Gasteiger partial charge in [0.2, 0.25) is 0 Å². The average Bonchev–Trinajstić information content (AvgIpc) is 3.18. The number of amides is 1. The number of carbonyl (C=O) groups excluding carboxylic acids is 1. The molecule has 1 N–H and O–H groups in total. The molecule has 0 bridgehead atoms. The zero-order valence-electron chi connectivity index (χ0n) is 11.7. The first-order chi connectivity index (χ1) is 11.2. The monoisotopic (exact) mass is 403 g/mol. The van der Waals surface area contributed by atoms with Crippen molar-refractivity contribution < 1.29 is 4.79 Å². The number of nitrogens with one attached hydrogen (secondary N) is 1. The Kier molecular flexibility index (Phi) is 3.84. The second-order valence-corrected chi connectivity index (χ2v) is 7.72. The van der Waals surface area contributed by atoms with Gasteiger partial charge in [-0.05, 0) is 45.6 Å². The molecule has 0 fully saturated rings. The van der Waals surface area contributed by atoms with Gasteiger partial charge in [0.05, 0.1) is 10.6 Å². The highest BCUT2D eigenvalue weighted by molar-refractivity contribution is 9.10. The summed E-state index contributed by atoms with van der Waals surface area (Å²) in [5, 5.41) is 6.87. The molecule has 0 radical (unpaired) electrons. The van der Waals surface area contributed by atoms with E-state index in [4.69, 9.17) is 4.99 Å². The Morgan fingerprint density at radius 1 is 1.22 bits per heavy atom. The number of fused-ring (bicyclic) bond motifs is 1. The summed E-state index contributed by atoms with van der Waals surface area (Å²) >= 11 is 6.56. The molecule has 3 aromatic heterocycles. The molecule has 0 aliphatic carbocycles. The molecule has 0 spiro atoms. The quantitative estimate of drug-likeness (QED) is 0.684. The van der Waals surface area contributed by atoms with Gasteiger partial charge in [-0.15, -0.1) is 22.7 Å². The minimum Gasteiger partial charge on any atom is -0.308 e. The number of thiophene rings is 2. The Hall–Kier alpha value is -1.83. The maximum Gasteiger partial charge on any atom is 0.255 e. The van der Waals surface area contributed by atoms with E-state index in [1.54, 1.807) is 17.5 Å². The van der Waals surface area contributed by atoms with Crippen molar-refractivity contribution in [3.63, 3.8) is 0 Å². The van der Waals surface area contributed by atoms with Crippen LogP contribution in [0.3, 0.4) is 0 Å². The van der Waals surface area contributed by atoms with E-state index < -0.39 is 6.04 Å². The van der Waals surface area contributed by atoms with Gasteiger partial charge in [0, 0.05) is 26.5 Å². The first kappa shape index (κ1) is 14.7. The molecular weight excluding hydrogens is 394 g/mol. The van der Waals surface area contributed by atoms with Crippen molar-refractivity contribution in [1.29, 1.82) is 0 Å². The second-order valence-electron chi connectivity index (χ2n) is 4.91. The number of aliphatic imine (C=N–C) groups is 1. The van der Waals surface area contributed by atoms with Gasteiger partial charge in [-0.25, -0.2) is 4.98 Å². The van der Waals surface area contributed by atoms with Gasteiger partial charge in [0.15, 0.2) is 6.04 Å². The molecule has 1 aliphatic heterocycles. The van der Waals surface area contributed by atoms with E-state index in [0.29, 0.717) is 5.82 Å². The lowest BCUT2D eigenvalue weighted by molar-refractivity contribution is -0.117. The van der Waals surface area contributed by atoms with Crippen LogP contribution in [0.4, 0.5) is 5.82 Å². The van der Waals surface area contributed by atoms with E-state index in [1.165, 1.54) is 11.3 Å². The summed E-state index contributed by atoms with van der Waals surface area (Å²) in [6.45, 7) is 0. The zero-order chi connectivity index (χ0) is 15.8. The van der Waals surface area contributed by atoms with Crippen molar-refractivity contribution in [1.82, 2.24) is 4.98 Å². The lowest BCUT2D eigenvalue weighted by Gasteiger charge is -2.08. The summed E-state index contributed by atoms with van der Waals surface area (Å²) in [6.07, 6.45) is 1.67. The summed E-state index contributed by atoms with van der Waals surface area (Å²) in [5.41, 5.74) is 1.65. The second kappa shape index (κ2) is 5.99. The molecule has 1 atom stereocenters. The van der Waals surface area contributed by atoms with Crippen LogP contribution in [0.1, 0.15) is 21.4 Å². The van der Waals surface area contributed by atoms with Crippen molar-refractivity contribution in [3.05, 3.63) is 67.1 Å². The molecule has 1 aliphatic rings. The normalized spacial score (nSPS) is 17.2. The van der Waals surface area contributed by atoms with Crippen molar-refractivity contribution in [2.75, 3.05) is 5.32 Å². The average molecular weight is 404 g/mol. The molecule has 1 amide bonds. The van der Waals surface area contributed by atoms with Crippen LogP contribution in [0.5, 0.6) is 0 Å². The minimum absolute atomic E-state index is 0.161. The number of nitrogens with zero attached hydrogens (tertiary/aromatic N) is 2. The number of rotatable bonds is 2. The standard InChI is InChI=1S/C16H10BrN3OS2/c17-9-7-12(23-8-9)14-16(21)20-15-10(3-1-5-18-15)13(19-14)11-4-2-6-22-11/h1-8,14H,(H,18,20,21). The van der Waals surface area contributed by atoms with Gasteiger partial charge in [-0.3, -0.25) is 9.79 Å². The van der Waals surface area contributed by atoms with E-state index in [0.717, 1.165) is 25.5 Å². The van der Waals surface area contributed by atoms with Gasteiger partial charge in [-0.2, -0.15) is 0 Å². The highest BCUT2D eigenvalue weighted by Crippen LogP contribution is 2.33. The van der Waals surface area contributed by atoms with Gasteiger partial charge in [0.25, 0.3) is 5.91 Å². The number of halogens is 1. The largest absolute Gasteiger partial charge is 0.308 e. The predicted octanol–water partition coefficient (Wildman–Crippen LogP) is 4.50. The third-order valence-corrected chi connectivity index (χ3v) is 6.05. The first-order valence-electron chi connectivity index (χ1n) is 6.84. The van der Waals surface area contributed by atoms with Gasteiger partial charge in [0.1, 0.15) is 5.82 Å². The third-order valence-electron chi connectivity index (χ3n) is 3.42. The van der Waals surface area contributed by atoms with Gasteiger partial charge in [-0.1, -0.05) is 6.07 Å². The van der Waals surface area contributed by atoms with Crippen LogP contribution in [0.25, 0.3) is 0 Å². The van der Waals surface area contributed by atoms with Crippen LogP contribution in [0.15, 0.2) is 56.8 Å². The first-order valence-corrected chi connectivity index (χ1v) is 9.39. The van der Waals surface area contributed by atoms with Crippen LogP contribution in [0, 0.1) is 0 Å². The van der Waals surface area contributed by atoms with E-state index in [1.807, 2.05) is 41.1 Å². The van der Waals surface area contributed by atoms with Crippen molar-refractivity contribution in [2.45, 2.75) is 6.04 Å². The lowest BCUT2D eigenvalue weighted by atomic mass is 10.1. The number of hydrogen-bond acceptors (Lipinski definition) is 5. The SMILES string of the molecule is O=C1Nc2ncccc2C(c2cccs2)=NC1c1cc(Br)cs1. The smallest absolute Gasteiger partial charge is 0.255 e. The van der Waals surface area contributed by atoms with Crippen LogP contribution in [-0.4, -0.2) is 16.6 Å². The Balaban J connectivity index is 1.91. The minimum atomic E-state index is -0.572. The summed E-state index contributed by atoms with van der Waals surface area (Å²) in [4.78, 5) is 23.7. The molecule has 4 heterocycles. The molecule has 3 aromatic rings. The molecule has 4 rings (SSSR count). The Morgan fingerprint density at radius 3 is 2.87 bits per heavy atom. The number of carbonyl (C=O) groups is 1. The van der Waals surface area contributed by atoms with Crippen molar-refractivity contribution in [3.8, 4) is 0 Å². The summed E-state index contributed by atoms with van der Waals surface area (Å²) in [6, 6.07) is 9.16. The van der Waals surface area contributed by atoms with Crippen LogP contribution < -0.4 is 5.32 Å². The fraction of sp³-hybridized carbons (Fsp3) is 0.0625. The topological polar surface area (TPSA) is 54.4 Å². The predicted molar refractivity (Wildman–Crippen MR) is 97.6 cm³/mol. The van der Waals surface area contributed by atoms with Crippen molar-refractivity contribution in [2.24, 2.45) is 4.99 Å². The molecule has 23 heavy (non-hydrogen) atoms. The Morgan fingerprint density at radius 2 is 2.13 bits per heavy atom. The molecule has 0 saturated heterocycles. The molecule has 0 aromatic carbocycles. The molecule has 1 unspecified atom stereocenters. The van der Waals surface area contributed by atoms with Crippen molar-refractivity contribution >= 4 is 56.0 Å².